The highest BCUT2D eigenvalue weighted by Gasteiger charge is 2.28. The fraction of sp³-hybridized carbons (Fsp3) is 0.111. The van der Waals surface area contributed by atoms with Crippen LogP contribution >= 0.6 is 0 Å². The van der Waals surface area contributed by atoms with Gasteiger partial charge in [0.05, 0.1) is 9.79 Å². The molecule has 27 heavy (non-hydrogen) atoms. The maximum absolute atomic E-state index is 12.4. The highest BCUT2D eigenvalue weighted by molar-refractivity contribution is 7.99. The molecule has 2 N–H and O–H groups in total. The van der Waals surface area contributed by atoms with Gasteiger partial charge in [-0.2, -0.15) is 16.8 Å². The van der Waals surface area contributed by atoms with Crippen molar-refractivity contribution in [3.05, 3.63) is 72.8 Å². The molecule has 0 radical (unpaired) electrons. The van der Waals surface area contributed by atoms with Gasteiger partial charge in [0.25, 0.3) is 0 Å². The molecule has 0 aliphatic rings. The minimum Gasteiger partial charge on any atom is -0.508 e. The Bertz CT molecular complexity index is 997. The third-order valence-electron chi connectivity index (χ3n) is 3.59. The molecule has 0 aliphatic heterocycles. The standard InChI is InChI=1S/C18H18O7S2/c1-3-5-13-11-15(7-9-17(13)19)26(21,22)25-27(23,24)16-8-10-18(20)14(12-16)6-4-2/h3-4,7-12,19-20H,1-2,5-6H2. The molecule has 2 rings (SSSR count). The molecule has 0 fully saturated rings. The quantitative estimate of drug-likeness (QED) is 0.642. The molecular weight excluding hydrogens is 392 g/mol. The van der Waals surface area contributed by atoms with Gasteiger partial charge < -0.3 is 10.2 Å². The Hall–Kier alpha value is -2.62. The summed E-state index contributed by atoms with van der Waals surface area (Å²) in [7, 11) is -9.35. The largest absolute Gasteiger partial charge is 0.508 e. The molecule has 9 heteroatoms. The average molecular weight is 410 g/mol. The zero-order chi connectivity index (χ0) is 20.2. The van der Waals surface area contributed by atoms with Crippen LogP contribution in [0, 0.1) is 0 Å². The van der Waals surface area contributed by atoms with E-state index in [9.17, 15) is 27.0 Å². The zero-order valence-electron chi connectivity index (χ0n) is 14.2. The first kappa shape index (κ1) is 20.7. The minimum atomic E-state index is -4.67. The van der Waals surface area contributed by atoms with E-state index in [1.54, 1.807) is 0 Å². The number of benzene rings is 2. The van der Waals surface area contributed by atoms with E-state index in [2.05, 4.69) is 16.8 Å². The number of hydrogen-bond acceptors (Lipinski definition) is 7. The van der Waals surface area contributed by atoms with E-state index >= 15 is 0 Å². The molecule has 2 aromatic rings. The minimum absolute atomic E-state index is 0.149. The van der Waals surface area contributed by atoms with E-state index < -0.39 is 30.0 Å². The first-order valence-corrected chi connectivity index (χ1v) is 10.5. The maximum Gasteiger partial charge on any atom is 0.311 e. The lowest BCUT2D eigenvalue weighted by molar-refractivity contribution is 0.459. The predicted octanol–water partition coefficient (Wildman–Crippen LogP) is 2.65. The molecule has 7 nitrogen and oxygen atoms in total. The van der Waals surface area contributed by atoms with Crippen LogP contribution in [0.2, 0.25) is 0 Å². The van der Waals surface area contributed by atoms with Crippen LogP contribution in [0.5, 0.6) is 11.5 Å². The van der Waals surface area contributed by atoms with Gasteiger partial charge in [0.1, 0.15) is 11.5 Å². The van der Waals surface area contributed by atoms with Crippen LogP contribution in [0.3, 0.4) is 0 Å². The first-order valence-electron chi connectivity index (χ1n) is 7.67. The summed E-state index contributed by atoms with van der Waals surface area (Å²) in [5.74, 6) is -0.298. The van der Waals surface area contributed by atoms with Crippen LogP contribution in [0.1, 0.15) is 11.1 Å². The Morgan fingerprint density at radius 2 is 1.15 bits per heavy atom. The maximum atomic E-state index is 12.4. The molecule has 0 saturated heterocycles. The average Bonchev–Trinajstić information content (AvgIpc) is 2.58. The van der Waals surface area contributed by atoms with Crippen LogP contribution in [0.4, 0.5) is 0 Å². The number of aromatic hydroxyl groups is 2. The van der Waals surface area contributed by atoms with Crippen LogP contribution < -0.4 is 0 Å². The van der Waals surface area contributed by atoms with E-state index in [0.717, 1.165) is 36.4 Å². The highest BCUT2D eigenvalue weighted by Crippen LogP contribution is 2.28. The normalized spacial score (nSPS) is 11.9. The smallest absolute Gasteiger partial charge is 0.311 e. The Balaban J connectivity index is 2.42. The van der Waals surface area contributed by atoms with Crippen molar-refractivity contribution < 1.29 is 30.7 Å². The lowest BCUT2D eigenvalue weighted by Gasteiger charge is -2.10. The third kappa shape index (κ3) is 4.76. The van der Waals surface area contributed by atoms with E-state index in [1.165, 1.54) is 12.2 Å². The van der Waals surface area contributed by atoms with Crippen molar-refractivity contribution in [2.24, 2.45) is 0 Å². The summed E-state index contributed by atoms with van der Waals surface area (Å²) in [5.41, 5.74) is 0.509. The topological polar surface area (TPSA) is 118 Å². The van der Waals surface area contributed by atoms with Crippen molar-refractivity contribution in [3.8, 4) is 11.5 Å². The molecule has 0 atom stereocenters. The summed E-state index contributed by atoms with van der Waals surface area (Å²) in [6, 6.07) is 6.55. The molecule has 0 spiro atoms. The van der Waals surface area contributed by atoms with Gasteiger partial charge in [-0.05, 0) is 60.4 Å². The van der Waals surface area contributed by atoms with Crippen molar-refractivity contribution in [3.63, 3.8) is 0 Å². The van der Waals surface area contributed by atoms with Gasteiger partial charge in [0.2, 0.25) is 0 Å². The SMILES string of the molecule is C=CCc1cc(S(=O)(=O)OS(=O)(=O)c2ccc(O)c(CC=C)c2)ccc1O. The summed E-state index contributed by atoms with van der Waals surface area (Å²) < 4.78 is 54.0. The monoisotopic (exact) mass is 410 g/mol. The van der Waals surface area contributed by atoms with Crippen LogP contribution in [0.25, 0.3) is 0 Å². The molecule has 0 saturated carbocycles. The zero-order valence-corrected chi connectivity index (χ0v) is 15.8. The van der Waals surface area contributed by atoms with E-state index in [1.807, 2.05) is 0 Å². The van der Waals surface area contributed by atoms with Gasteiger partial charge >= 0.3 is 20.2 Å². The summed E-state index contributed by atoms with van der Waals surface area (Å²) in [5, 5.41) is 19.4. The Morgan fingerprint density at radius 1 is 0.778 bits per heavy atom. The highest BCUT2D eigenvalue weighted by atomic mass is 32.3. The summed E-state index contributed by atoms with van der Waals surface area (Å²) in [6.45, 7) is 7.01. The van der Waals surface area contributed by atoms with Gasteiger partial charge in [-0.3, -0.25) is 0 Å². The molecule has 144 valence electrons. The van der Waals surface area contributed by atoms with Crippen LogP contribution in [-0.2, 0) is 36.7 Å². The lowest BCUT2D eigenvalue weighted by atomic mass is 10.1. The van der Waals surface area contributed by atoms with Gasteiger partial charge in [-0.25, -0.2) is 0 Å². The van der Waals surface area contributed by atoms with Crippen molar-refractivity contribution in [1.82, 2.24) is 0 Å². The number of phenols is 2. The molecule has 2 aromatic carbocycles. The second-order valence-corrected chi connectivity index (χ2v) is 8.85. The lowest BCUT2D eigenvalue weighted by Crippen LogP contribution is -2.14. The molecule has 0 aliphatic carbocycles. The summed E-state index contributed by atoms with van der Waals surface area (Å²) in [6.07, 6.45) is 3.29. The van der Waals surface area contributed by atoms with Gasteiger partial charge in [0, 0.05) is 0 Å². The number of hydrogen-bond donors (Lipinski definition) is 2. The second kappa shape index (κ2) is 7.95. The Labute approximate surface area is 158 Å². The fourth-order valence-electron chi connectivity index (χ4n) is 2.27. The first-order chi connectivity index (χ1) is 12.6. The van der Waals surface area contributed by atoms with Crippen molar-refractivity contribution in [2.75, 3.05) is 0 Å². The summed E-state index contributed by atoms with van der Waals surface area (Å²) in [4.78, 5) is -0.850. The van der Waals surface area contributed by atoms with Crippen molar-refractivity contribution in [2.45, 2.75) is 22.6 Å². The predicted molar refractivity (Wildman–Crippen MR) is 99.5 cm³/mol. The number of phenolic OH excluding ortho intramolecular Hbond substituents is 2. The second-order valence-electron chi connectivity index (χ2n) is 5.54. The third-order valence-corrected chi connectivity index (χ3v) is 6.68. The van der Waals surface area contributed by atoms with Crippen LogP contribution in [0.15, 0.2) is 71.5 Å². The molecular formula is C18H18O7S2. The molecule has 0 heterocycles. The van der Waals surface area contributed by atoms with E-state index in [0.29, 0.717) is 0 Å². The van der Waals surface area contributed by atoms with Crippen molar-refractivity contribution >= 4 is 20.2 Å². The van der Waals surface area contributed by atoms with Gasteiger partial charge in [-0.1, -0.05) is 12.2 Å². The Morgan fingerprint density at radius 3 is 1.48 bits per heavy atom. The molecule has 0 aromatic heterocycles. The summed E-state index contributed by atoms with van der Waals surface area (Å²) >= 11 is 0. The fourth-order valence-corrected chi connectivity index (χ4v) is 4.88. The molecule has 0 amide bonds. The Kier molecular flexibility index (Phi) is 6.09. The van der Waals surface area contributed by atoms with E-state index in [4.69, 9.17) is 0 Å². The number of allylic oxidation sites excluding steroid dienone is 2. The van der Waals surface area contributed by atoms with Gasteiger partial charge in [-0.15, -0.1) is 16.8 Å². The molecule has 0 bridgehead atoms. The molecule has 0 unspecified atom stereocenters. The van der Waals surface area contributed by atoms with Gasteiger partial charge in [0.15, 0.2) is 0 Å². The van der Waals surface area contributed by atoms with E-state index in [-0.39, 0.29) is 35.5 Å². The van der Waals surface area contributed by atoms with Crippen molar-refractivity contribution in [1.29, 1.82) is 0 Å². The van der Waals surface area contributed by atoms with Crippen LogP contribution in [-0.4, -0.2) is 27.0 Å². The number of rotatable bonds is 8.